The Morgan fingerprint density at radius 1 is 1.07 bits per heavy atom. The lowest BCUT2D eigenvalue weighted by Gasteiger charge is -2.35. The number of carbonyl (C=O) groups is 1. The van der Waals surface area contributed by atoms with Crippen LogP contribution in [0.1, 0.15) is 22.3 Å². The van der Waals surface area contributed by atoms with E-state index in [0.29, 0.717) is 36.8 Å². The minimum Gasteiger partial charge on any atom is -0.386 e. The van der Waals surface area contributed by atoms with Crippen molar-refractivity contribution in [2.24, 2.45) is 0 Å². The average Bonchev–Trinajstić information content (AvgIpc) is 3.23. The normalized spacial score (nSPS) is 15.3. The molecule has 1 atom stereocenters. The first kappa shape index (κ1) is 20.3. The molecule has 9 heteroatoms. The first-order valence-electron chi connectivity index (χ1n) is 9.62. The molecule has 7 nitrogen and oxygen atoms in total. The van der Waals surface area contributed by atoms with Gasteiger partial charge in [-0.3, -0.25) is 4.79 Å². The predicted molar refractivity (Wildman–Crippen MR) is 111 cm³/mol. The van der Waals surface area contributed by atoms with Gasteiger partial charge in [0.1, 0.15) is 12.1 Å². The number of benzene rings is 2. The average molecular weight is 430 g/mol. The van der Waals surface area contributed by atoms with Gasteiger partial charge in [-0.05, 0) is 42.0 Å². The van der Waals surface area contributed by atoms with Crippen LogP contribution in [0.15, 0.2) is 54.9 Å². The Morgan fingerprint density at radius 2 is 1.73 bits per heavy atom. The Hall–Kier alpha value is -2.97. The van der Waals surface area contributed by atoms with Gasteiger partial charge >= 0.3 is 0 Å². The van der Waals surface area contributed by atoms with Crippen molar-refractivity contribution >= 4 is 23.2 Å². The van der Waals surface area contributed by atoms with Gasteiger partial charge in [-0.2, -0.15) is 0 Å². The largest absolute Gasteiger partial charge is 0.386 e. The van der Waals surface area contributed by atoms with Crippen LogP contribution >= 0.6 is 11.6 Å². The van der Waals surface area contributed by atoms with Crippen molar-refractivity contribution in [3.05, 3.63) is 77.1 Å². The summed E-state index contributed by atoms with van der Waals surface area (Å²) in [6.07, 6.45) is 0.544. The number of aromatic nitrogens is 3. The number of anilines is 1. The molecule has 0 saturated carbocycles. The number of aliphatic hydroxyl groups excluding tert-OH is 1. The maximum atomic E-state index is 13.0. The Bertz CT molecular complexity index is 1000. The van der Waals surface area contributed by atoms with Crippen molar-refractivity contribution in [2.45, 2.75) is 12.6 Å². The lowest BCUT2D eigenvalue weighted by atomic mass is 10.1. The Labute approximate surface area is 178 Å². The van der Waals surface area contributed by atoms with E-state index >= 15 is 0 Å². The number of aliphatic hydroxyl groups is 1. The number of halogens is 2. The highest BCUT2D eigenvalue weighted by Gasteiger charge is 2.25. The van der Waals surface area contributed by atoms with Crippen LogP contribution in [0.4, 0.5) is 10.1 Å². The Balaban J connectivity index is 1.34. The molecule has 0 bridgehead atoms. The van der Waals surface area contributed by atoms with E-state index in [1.54, 1.807) is 4.90 Å². The summed E-state index contributed by atoms with van der Waals surface area (Å²) < 4.78 is 14.4. The van der Waals surface area contributed by atoms with Crippen molar-refractivity contribution in [3.63, 3.8) is 0 Å². The van der Waals surface area contributed by atoms with Crippen LogP contribution in [0.25, 0.3) is 0 Å². The fraction of sp³-hybridized carbons (Fsp3) is 0.286. The number of carbonyl (C=O) groups excluding carboxylic acids is 1. The van der Waals surface area contributed by atoms with Crippen molar-refractivity contribution < 1.29 is 14.3 Å². The molecule has 0 spiro atoms. The molecule has 2 heterocycles. The minimum atomic E-state index is -0.877. The molecule has 3 aromatic rings. The fourth-order valence-corrected chi connectivity index (χ4v) is 3.54. The number of nitrogens with zero attached hydrogens (tertiary/aromatic N) is 5. The summed E-state index contributed by atoms with van der Waals surface area (Å²) in [5.41, 5.74) is 1.64. The van der Waals surface area contributed by atoms with E-state index in [-0.39, 0.29) is 24.1 Å². The standard InChI is InChI=1S/C21H21ClFN5O2/c22-16-3-7-18(8-4-16)26-9-11-27(12-10-26)21(30)20-24-14-28(25-20)13-19(29)15-1-5-17(23)6-2-15/h1-8,14,19,29H,9-13H2. The minimum absolute atomic E-state index is 0.0984. The van der Waals surface area contributed by atoms with Crippen LogP contribution in [0, 0.1) is 5.82 Å². The summed E-state index contributed by atoms with van der Waals surface area (Å²) in [6, 6.07) is 13.3. The lowest BCUT2D eigenvalue weighted by Crippen LogP contribution is -2.49. The summed E-state index contributed by atoms with van der Waals surface area (Å²) >= 11 is 5.94. The van der Waals surface area contributed by atoms with Crippen molar-refractivity contribution in [1.29, 1.82) is 0 Å². The van der Waals surface area contributed by atoms with Crippen LogP contribution in [0.2, 0.25) is 5.02 Å². The molecule has 1 fully saturated rings. The van der Waals surface area contributed by atoms with Gasteiger partial charge in [-0.1, -0.05) is 23.7 Å². The summed E-state index contributed by atoms with van der Waals surface area (Å²) in [5.74, 6) is -0.502. The molecule has 0 aliphatic carbocycles. The molecule has 1 N–H and O–H groups in total. The van der Waals surface area contributed by atoms with E-state index in [2.05, 4.69) is 15.0 Å². The van der Waals surface area contributed by atoms with Gasteiger partial charge < -0.3 is 14.9 Å². The van der Waals surface area contributed by atoms with E-state index in [0.717, 1.165) is 5.69 Å². The molecule has 1 aromatic heterocycles. The number of amides is 1. The SMILES string of the molecule is O=C(c1ncn(CC(O)c2ccc(F)cc2)n1)N1CCN(c2ccc(Cl)cc2)CC1. The van der Waals surface area contributed by atoms with Crippen LogP contribution in [-0.2, 0) is 6.54 Å². The molecular weight excluding hydrogens is 409 g/mol. The first-order chi connectivity index (χ1) is 14.5. The maximum absolute atomic E-state index is 13.0. The van der Waals surface area contributed by atoms with E-state index < -0.39 is 6.10 Å². The first-order valence-corrected chi connectivity index (χ1v) is 10.00. The van der Waals surface area contributed by atoms with Gasteiger partial charge in [0.05, 0.1) is 12.6 Å². The monoisotopic (exact) mass is 429 g/mol. The van der Waals surface area contributed by atoms with Crippen LogP contribution in [-0.4, -0.2) is 56.9 Å². The van der Waals surface area contributed by atoms with Crippen molar-refractivity contribution in [1.82, 2.24) is 19.7 Å². The fourth-order valence-electron chi connectivity index (χ4n) is 3.41. The highest BCUT2D eigenvalue weighted by molar-refractivity contribution is 6.30. The Morgan fingerprint density at radius 3 is 2.40 bits per heavy atom. The second-order valence-corrected chi connectivity index (χ2v) is 7.55. The molecular formula is C21H21ClFN5O2. The third-order valence-corrected chi connectivity index (χ3v) is 5.35. The van der Waals surface area contributed by atoms with Gasteiger partial charge in [-0.15, -0.1) is 5.10 Å². The van der Waals surface area contributed by atoms with Crippen LogP contribution in [0.5, 0.6) is 0 Å². The van der Waals surface area contributed by atoms with Crippen LogP contribution in [0.3, 0.4) is 0 Å². The molecule has 1 aliphatic rings. The molecule has 0 radical (unpaired) electrons. The Kier molecular flexibility index (Phi) is 5.96. The zero-order valence-electron chi connectivity index (χ0n) is 16.2. The van der Waals surface area contributed by atoms with E-state index in [4.69, 9.17) is 11.6 Å². The highest BCUT2D eigenvalue weighted by atomic mass is 35.5. The molecule has 1 amide bonds. The molecule has 4 rings (SSSR count). The van der Waals surface area contributed by atoms with Gasteiger partial charge in [-0.25, -0.2) is 14.1 Å². The third-order valence-electron chi connectivity index (χ3n) is 5.10. The quantitative estimate of drug-likeness (QED) is 0.675. The van der Waals surface area contributed by atoms with Gasteiger partial charge in [0.25, 0.3) is 5.91 Å². The molecule has 2 aromatic carbocycles. The summed E-state index contributed by atoms with van der Waals surface area (Å²) in [5, 5.41) is 15.2. The zero-order chi connectivity index (χ0) is 21.1. The molecule has 1 unspecified atom stereocenters. The van der Waals surface area contributed by atoms with E-state index in [1.165, 1.54) is 35.3 Å². The number of hydrogen-bond donors (Lipinski definition) is 1. The number of piperazine rings is 1. The number of rotatable bonds is 5. The van der Waals surface area contributed by atoms with E-state index in [1.807, 2.05) is 24.3 Å². The summed E-state index contributed by atoms with van der Waals surface area (Å²) in [7, 11) is 0. The van der Waals surface area contributed by atoms with E-state index in [9.17, 15) is 14.3 Å². The molecule has 1 aliphatic heterocycles. The van der Waals surface area contributed by atoms with Crippen molar-refractivity contribution in [2.75, 3.05) is 31.1 Å². The zero-order valence-corrected chi connectivity index (χ0v) is 16.9. The van der Waals surface area contributed by atoms with Crippen molar-refractivity contribution in [3.8, 4) is 0 Å². The number of hydrogen-bond acceptors (Lipinski definition) is 5. The summed E-state index contributed by atoms with van der Waals surface area (Å²) in [6.45, 7) is 2.66. The smallest absolute Gasteiger partial charge is 0.293 e. The van der Waals surface area contributed by atoms with Gasteiger partial charge in [0.15, 0.2) is 0 Å². The second kappa shape index (κ2) is 8.81. The second-order valence-electron chi connectivity index (χ2n) is 7.11. The maximum Gasteiger partial charge on any atom is 0.293 e. The third kappa shape index (κ3) is 4.60. The summed E-state index contributed by atoms with van der Waals surface area (Å²) in [4.78, 5) is 20.8. The topological polar surface area (TPSA) is 74.5 Å². The molecule has 156 valence electrons. The van der Waals surface area contributed by atoms with Gasteiger partial charge in [0.2, 0.25) is 5.82 Å². The van der Waals surface area contributed by atoms with Crippen LogP contribution < -0.4 is 4.90 Å². The molecule has 30 heavy (non-hydrogen) atoms. The lowest BCUT2D eigenvalue weighted by molar-refractivity contribution is 0.0733. The highest BCUT2D eigenvalue weighted by Crippen LogP contribution is 2.20. The van der Waals surface area contributed by atoms with Gasteiger partial charge in [0, 0.05) is 36.9 Å². The predicted octanol–water partition coefficient (Wildman–Crippen LogP) is 2.77. The molecule has 1 saturated heterocycles.